The fraction of sp³-hybridized carbons (Fsp3) is 0.562. The minimum absolute atomic E-state index is 0.128. The second kappa shape index (κ2) is 5.18. The van der Waals surface area contributed by atoms with Crippen LogP contribution in [0.1, 0.15) is 37.3 Å². The van der Waals surface area contributed by atoms with Gasteiger partial charge in [0.15, 0.2) is 12.1 Å². The highest BCUT2D eigenvalue weighted by atomic mass is 19.3. The van der Waals surface area contributed by atoms with Crippen LogP contribution in [0.4, 0.5) is 13.2 Å². The topological polar surface area (TPSA) is 47.6 Å². The van der Waals surface area contributed by atoms with Crippen LogP contribution in [0.15, 0.2) is 23.2 Å². The van der Waals surface area contributed by atoms with E-state index in [4.69, 9.17) is 5.73 Å². The molecule has 1 saturated carbocycles. The fourth-order valence-corrected chi connectivity index (χ4v) is 2.78. The first-order valence-electron chi connectivity index (χ1n) is 7.47. The number of alkyl halides is 2. The summed E-state index contributed by atoms with van der Waals surface area (Å²) in [5.74, 6) is -3.30. The van der Waals surface area contributed by atoms with Crippen molar-refractivity contribution < 1.29 is 17.9 Å². The Bertz CT molecular complexity index is 613. The molecule has 0 amide bonds. The Labute approximate surface area is 127 Å². The number of hydrogen-bond donors (Lipinski definition) is 1. The Morgan fingerprint density at radius 1 is 1.36 bits per heavy atom. The lowest BCUT2D eigenvalue weighted by Gasteiger charge is -2.37. The Kier molecular flexibility index (Phi) is 3.57. The highest BCUT2D eigenvalue weighted by Crippen LogP contribution is 2.44. The lowest BCUT2D eigenvalue weighted by Crippen LogP contribution is -2.51. The quantitative estimate of drug-likeness (QED) is 0.926. The van der Waals surface area contributed by atoms with Crippen LogP contribution in [0.5, 0.6) is 0 Å². The minimum Gasteiger partial charge on any atom is -0.459 e. The molecular weight excluding hydrogens is 293 g/mol. The molecule has 1 aromatic rings. The first kappa shape index (κ1) is 15.2. The van der Waals surface area contributed by atoms with E-state index < -0.39 is 23.9 Å². The third kappa shape index (κ3) is 2.66. The molecule has 0 saturated heterocycles. The zero-order valence-electron chi connectivity index (χ0n) is 12.4. The number of rotatable bonds is 4. The van der Waals surface area contributed by atoms with Crippen LogP contribution in [-0.4, -0.2) is 18.6 Å². The molecule has 1 fully saturated rings. The smallest absolute Gasteiger partial charge is 0.310 e. The summed E-state index contributed by atoms with van der Waals surface area (Å²) in [5.41, 5.74) is 4.11. The number of halogens is 3. The Morgan fingerprint density at radius 3 is 2.77 bits per heavy atom. The number of benzene rings is 1. The van der Waals surface area contributed by atoms with E-state index in [9.17, 15) is 13.2 Å². The van der Waals surface area contributed by atoms with Crippen LogP contribution in [0.25, 0.3) is 0 Å². The second-order valence-electron chi connectivity index (χ2n) is 6.31. The van der Waals surface area contributed by atoms with Gasteiger partial charge in [-0.1, -0.05) is 25.0 Å². The van der Waals surface area contributed by atoms with Gasteiger partial charge >= 0.3 is 5.92 Å². The molecule has 0 spiro atoms. The largest absolute Gasteiger partial charge is 0.459 e. The van der Waals surface area contributed by atoms with E-state index >= 15 is 0 Å². The molecule has 1 aromatic carbocycles. The molecule has 2 N–H and O–H groups in total. The average Bonchev–Trinajstić information content (AvgIpc) is 3.27. The third-order valence-electron chi connectivity index (χ3n) is 4.54. The summed E-state index contributed by atoms with van der Waals surface area (Å²) >= 11 is 0. The van der Waals surface area contributed by atoms with E-state index in [0.717, 1.165) is 24.3 Å². The summed E-state index contributed by atoms with van der Waals surface area (Å²) in [6.45, 7) is 0.302. The maximum atomic E-state index is 14.3. The average molecular weight is 312 g/mol. The molecule has 1 heterocycles. The fourth-order valence-electron chi connectivity index (χ4n) is 2.78. The van der Waals surface area contributed by atoms with Gasteiger partial charge in [0.05, 0.1) is 0 Å². The van der Waals surface area contributed by atoms with Gasteiger partial charge in [0.2, 0.25) is 0 Å². The molecule has 1 aliphatic heterocycles. The number of amidine groups is 1. The van der Waals surface area contributed by atoms with E-state index in [1.807, 2.05) is 0 Å². The summed E-state index contributed by atoms with van der Waals surface area (Å²) < 4.78 is 47.4. The third-order valence-corrected chi connectivity index (χ3v) is 4.54. The van der Waals surface area contributed by atoms with Crippen LogP contribution < -0.4 is 5.73 Å². The van der Waals surface area contributed by atoms with Crippen molar-refractivity contribution in [1.29, 1.82) is 0 Å². The van der Waals surface area contributed by atoms with Crippen LogP contribution in [0, 0.1) is 11.7 Å². The molecule has 2 aliphatic rings. The number of aryl methyl sites for hydroxylation is 1. The molecule has 0 aromatic heterocycles. The van der Waals surface area contributed by atoms with Crippen molar-refractivity contribution in [3.05, 3.63) is 35.1 Å². The molecule has 3 nitrogen and oxygen atoms in total. The van der Waals surface area contributed by atoms with Gasteiger partial charge in [0, 0.05) is 5.56 Å². The summed E-state index contributed by atoms with van der Waals surface area (Å²) in [6.07, 6.45) is 4.21. The first-order valence-corrected chi connectivity index (χ1v) is 7.47. The van der Waals surface area contributed by atoms with Gasteiger partial charge in [-0.3, -0.25) is 0 Å². The van der Waals surface area contributed by atoms with Crippen molar-refractivity contribution in [2.24, 2.45) is 16.6 Å². The van der Waals surface area contributed by atoms with Gasteiger partial charge in [-0.25, -0.2) is 9.38 Å². The lowest BCUT2D eigenvalue weighted by molar-refractivity contribution is -0.117. The number of nitrogens with zero attached hydrogens (tertiary/aromatic N) is 1. The Hall–Kier alpha value is -1.72. The zero-order valence-corrected chi connectivity index (χ0v) is 12.4. The van der Waals surface area contributed by atoms with Crippen molar-refractivity contribution in [3.8, 4) is 0 Å². The zero-order chi connectivity index (χ0) is 16.0. The van der Waals surface area contributed by atoms with Gasteiger partial charge in [-0.2, -0.15) is 8.78 Å². The van der Waals surface area contributed by atoms with Gasteiger partial charge in [-0.15, -0.1) is 0 Å². The highest BCUT2D eigenvalue weighted by Gasteiger charge is 2.56. The maximum Gasteiger partial charge on any atom is 0.310 e. The summed E-state index contributed by atoms with van der Waals surface area (Å²) in [6, 6.07) is 4.04. The van der Waals surface area contributed by atoms with E-state index in [2.05, 4.69) is 9.73 Å². The monoisotopic (exact) mass is 312 g/mol. The predicted molar refractivity (Wildman–Crippen MR) is 77.3 cm³/mol. The highest BCUT2D eigenvalue weighted by molar-refractivity contribution is 5.73. The van der Waals surface area contributed by atoms with E-state index in [-0.39, 0.29) is 11.6 Å². The molecule has 22 heavy (non-hydrogen) atoms. The Balaban J connectivity index is 1.97. The van der Waals surface area contributed by atoms with Gasteiger partial charge < -0.3 is 10.5 Å². The van der Waals surface area contributed by atoms with Crippen LogP contribution >= 0.6 is 0 Å². The lowest BCUT2D eigenvalue weighted by atomic mass is 9.84. The number of aliphatic imine (C=N–C) groups is 1. The minimum atomic E-state index is -3.33. The maximum absolute atomic E-state index is 14.3. The van der Waals surface area contributed by atoms with Crippen molar-refractivity contribution in [2.45, 2.75) is 44.1 Å². The molecule has 6 heteroatoms. The molecule has 3 rings (SSSR count). The van der Waals surface area contributed by atoms with Crippen molar-refractivity contribution >= 4 is 6.02 Å². The molecular formula is C16H19F3N2O. The van der Waals surface area contributed by atoms with E-state index in [1.54, 1.807) is 6.07 Å². The normalized spacial score (nSPS) is 27.2. The molecule has 120 valence electrons. The molecule has 1 atom stereocenters. The molecule has 0 bridgehead atoms. The Morgan fingerprint density at radius 2 is 2.09 bits per heavy atom. The predicted octanol–water partition coefficient (Wildman–Crippen LogP) is 3.36. The number of nitrogens with two attached hydrogens (primary N) is 1. The van der Waals surface area contributed by atoms with Crippen molar-refractivity contribution in [3.63, 3.8) is 0 Å². The van der Waals surface area contributed by atoms with E-state index in [0.29, 0.717) is 0 Å². The molecule has 0 radical (unpaired) electrons. The summed E-state index contributed by atoms with van der Waals surface area (Å²) in [4.78, 5) is 3.73. The van der Waals surface area contributed by atoms with Crippen LogP contribution in [-0.2, 0) is 16.7 Å². The van der Waals surface area contributed by atoms with Crippen molar-refractivity contribution in [1.82, 2.24) is 0 Å². The van der Waals surface area contributed by atoms with Gasteiger partial charge in [0.25, 0.3) is 6.02 Å². The molecule has 0 unspecified atom stereocenters. The SMILES string of the molecule is C[C@]1(c2cc(CCC3CC3)ccc2F)N=C(N)OCC1(F)F. The van der Waals surface area contributed by atoms with E-state index in [1.165, 1.54) is 31.9 Å². The van der Waals surface area contributed by atoms with Crippen LogP contribution in [0.3, 0.4) is 0 Å². The first-order chi connectivity index (χ1) is 10.3. The number of hydrogen-bond acceptors (Lipinski definition) is 3. The van der Waals surface area contributed by atoms with Gasteiger partial charge in [-0.05, 0) is 37.3 Å². The van der Waals surface area contributed by atoms with Gasteiger partial charge in [0.1, 0.15) is 5.82 Å². The summed E-state index contributed by atoms with van der Waals surface area (Å²) in [7, 11) is 0. The van der Waals surface area contributed by atoms with Crippen molar-refractivity contribution in [2.75, 3.05) is 6.61 Å². The second-order valence-corrected chi connectivity index (χ2v) is 6.31. The van der Waals surface area contributed by atoms with Crippen LogP contribution in [0.2, 0.25) is 0 Å². The molecule has 1 aliphatic carbocycles. The standard InChI is InChI=1S/C16H19F3N2O/c1-15(16(18,19)9-22-14(20)21-15)12-8-11(6-7-13(12)17)5-4-10-2-3-10/h6-8,10H,2-5,9H2,1H3,(H2,20,21)/t15-/m1/s1. The summed E-state index contributed by atoms with van der Waals surface area (Å²) in [5, 5.41) is 0. The number of ether oxygens (including phenoxy) is 1.